The van der Waals surface area contributed by atoms with Gasteiger partial charge in [0.15, 0.2) is 0 Å². The van der Waals surface area contributed by atoms with Crippen LogP contribution in [0.2, 0.25) is 0 Å². The highest BCUT2D eigenvalue weighted by Crippen LogP contribution is 2.27. The smallest absolute Gasteiger partial charge is 0.404 e. The van der Waals surface area contributed by atoms with Crippen molar-refractivity contribution in [3.63, 3.8) is 0 Å². The third-order valence-electron chi connectivity index (χ3n) is 4.04. The highest BCUT2D eigenvalue weighted by atomic mass is 16.4. The molecular weight excluding hydrogens is 252 g/mol. The van der Waals surface area contributed by atoms with Crippen LogP contribution in [0.1, 0.15) is 37.2 Å². The van der Waals surface area contributed by atoms with Gasteiger partial charge in [0, 0.05) is 6.54 Å². The maximum atomic E-state index is 10.3. The van der Waals surface area contributed by atoms with Crippen molar-refractivity contribution in [2.75, 3.05) is 26.2 Å². The first-order chi connectivity index (χ1) is 9.75. The van der Waals surface area contributed by atoms with Gasteiger partial charge >= 0.3 is 6.09 Å². The van der Waals surface area contributed by atoms with Crippen molar-refractivity contribution >= 4 is 6.09 Å². The summed E-state index contributed by atoms with van der Waals surface area (Å²) in [7, 11) is 0. The number of nitrogens with one attached hydrogen (secondary N) is 1. The van der Waals surface area contributed by atoms with Gasteiger partial charge in [-0.05, 0) is 56.8 Å². The van der Waals surface area contributed by atoms with Crippen LogP contribution in [0.4, 0.5) is 4.79 Å². The Morgan fingerprint density at radius 3 is 2.55 bits per heavy atom. The van der Waals surface area contributed by atoms with Crippen LogP contribution >= 0.6 is 0 Å². The van der Waals surface area contributed by atoms with Gasteiger partial charge < -0.3 is 15.3 Å². The fourth-order valence-corrected chi connectivity index (χ4v) is 2.87. The molecule has 1 fully saturated rings. The number of unbranched alkanes of at least 4 members (excludes halogenated alkanes) is 1. The molecule has 1 aromatic rings. The normalized spacial score (nSPS) is 17.0. The zero-order valence-electron chi connectivity index (χ0n) is 11.9. The number of hydrogen-bond acceptors (Lipinski definition) is 2. The summed E-state index contributed by atoms with van der Waals surface area (Å²) in [5, 5.41) is 10.9. The highest BCUT2D eigenvalue weighted by Gasteiger charge is 2.19. The van der Waals surface area contributed by atoms with Crippen LogP contribution < -0.4 is 5.32 Å². The zero-order valence-corrected chi connectivity index (χ0v) is 11.9. The molecule has 0 radical (unpaired) electrons. The third-order valence-corrected chi connectivity index (χ3v) is 4.04. The van der Waals surface area contributed by atoms with Crippen LogP contribution in [0.5, 0.6) is 0 Å². The molecule has 4 nitrogen and oxygen atoms in total. The van der Waals surface area contributed by atoms with Gasteiger partial charge in [0.1, 0.15) is 0 Å². The van der Waals surface area contributed by atoms with Crippen molar-refractivity contribution in [3.8, 4) is 0 Å². The topological polar surface area (TPSA) is 52.6 Å². The molecule has 0 atom stereocenters. The Hall–Kier alpha value is -1.55. The van der Waals surface area contributed by atoms with Crippen LogP contribution in [0.15, 0.2) is 30.3 Å². The van der Waals surface area contributed by atoms with E-state index in [9.17, 15) is 4.79 Å². The molecule has 20 heavy (non-hydrogen) atoms. The van der Waals surface area contributed by atoms with Crippen molar-refractivity contribution < 1.29 is 9.90 Å². The lowest BCUT2D eigenvalue weighted by Crippen LogP contribution is -2.34. The van der Waals surface area contributed by atoms with E-state index in [1.54, 1.807) is 0 Å². The molecule has 2 N–H and O–H groups in total. The van der Waals surface area contributed by atoms with Crippen LogP contribution in [0.3, 0.4) is 0 Å². The number of carbonyl (C=O) groups is 1. The van der Waals surface area contributed by atoms with E-state index in [-0.39, 0.29) is 0 Å². The predicted octanol–water partition coefficient (Wildman–Crippen LogP) is 2.91. The molecule has 0 bridgehead atoms. The van der Waals surface area contributed by atoms with E-state index >= 15 is 0 Å². The molecule has 1 saturated heterocycles. The number of piperidine rings is 1. The monoisotopic (exact) mass is 276 g/mol. The Kier molecular flexibility index (Phi) is 5.87. The van der Waals surface area contributed by atoms with E-state index in [0.29, 0.717) is 12.5 Å². The zero-order chi connectivity index (χ0) is 14.2. The lowest BCUT2D eigenvalue weighted by molar-refractivity contribution is 0.192. The van der Waals surface area contributed by atoms with Gasteiger partial charge in [-0.25, -0.2) is 4.79 Å². The van der Waals surface area contributed by atoms with E-state index in [0.717, 1.165) is 32.5 Å². The molecule has 1 heterocycles. The van der Waals surface area contributed by atoms with Crippen molar-refractivity contribution in [1.82, 2.24) is 10.2 Å². The Bertz CT molecular complexity index is 400. The van der Waals surface area contributed by atoms with Crippen LogP contribution in [-0.2, 0) is 0 Å². The first-order valence-electron chi connectivity index (χ1n) is 7.50. The Morgan fingerprint density at radius 2 is 1.90 bits per heavy atom. The number of carboxylic acid groups (broad SMARTS) is 1. The summed E-state index contributed by atoms with van der Waals surface area (Å²) in [5.41, 5.74) is 1.47. The van der Waals surface area contributed by atoms with Crippen LogP contribution in [-0.4, -0.2) is 42.3 Å². The fraction of sp³-hybridized carbons (Fsp3) is 0.562. The summed E-state index contributed by atoms with van der Waals surface area (Å²) in [4.78, 5) is 12.8. The lowest BCUT2D eigenvalue weighted by Gasteiger charge is -2.32. The molecule has 0 unspecified atom stereocenters. The average molecular weight is 276 g/mol. The predicted molar refractivity (Wildman–Crippen MR) is 80.1 cm³/mol. The van der Waals surface area contributed by atoms with Gasteiger partial charge in [-0.1, -0.05) is 30.3 Å². The summed E-state index contributed by atoms with van der Waals surface area (Å²) in [5.74, 6) is 0.709. The molecule has 1 amide bonds. The standard InChI is InChI=1S/C16H24N2O2/c19-16(20)17-10-4-5-11-18-12-8-15(9-13-18)14-6-2-1-3-7-14/h1-3,6-7,15,17H,4-5,8-13H2,(H,19,20). The minimum Gasteiger partial charge on any atom is -0.465 e. The van der Waals surface area contributed by atoms with Crippen molar-refractivity contribution in [2.45, 2.75) is 31.6 Å². The second kappa shape index (κ2) is 7.90. The Balaban J connectivity index is 1.61. The van der Waals surface area contributed by atoms with Crippen LogP contribution in [0.25, 0.3) is 0 Å². The summed E-state index contributed by atoms with van der Waals surface area (Å²) < 4.78 is 0. The first-order valence-corrected chi connectivity index (χ1v) is 7.50. The third kappa shape index (κ3) is 4.85. The second-order valence-corrected chi connectivity index (χ2v) is 5.47. The molecule has 0 aliphatic carbocycles. The molecule has 110 valence electrons. The van der Waals surface area contributed by atoms with Crippen LogP contribution in [0, 0.1) is 0 Å². The van der Waals surface area contributed by atoms with E-state index in [1.165, 1.54) is 18.4 Å². The van der Waals surface area contributed by atoms with Crippen molar-refractivity contribution in [1.29, 1.82) is 0 Å². The molecule has 1 aliphatic rings. The number of amides is 1. The molecule has 0 saturated carbocycles. The van der Waals surface area contributed by atoms with E-state index in [2.05, 4.69) is 40.5 Å². The van der Waals surface area contributed by atoms with E-state index < -0.39 is 6.09 Å². The number of rotatable bonds is 6. The molecule has 0 aromatic heterocycles. The average Bonchev–Trinajstić information content (AvgIpc) is 2.48. The van der Waals surface area contributed by atoms with Gasteiger partial charge in [0.05, 0.1) is 0 Å². The van der Waals surface area contributed by atoms with E-state index in [1.807, 2.05) is 0 Å². The summed E-state index contributed by atoms with van der Waals surface area (Å²) in [6.07, 6.45) is 3.53. The minimum absolute atomic E-state index is 0.565. The van der Waals surface area contributed by atoms with Gasteiger partial charge in [-0.15, -0.1) is 0 Å². The molecule has 2 rings (SSSR count). The lowest BCUT2D eigenvalue weighted by atomic mass is 9.89. The number of benzene rings is 1. The minimum atomic E-state index is -0.923. The Labute approximate surface area is 120 Å². The van der Waals surface area contributed by atoms with Crippen molar-refractivity contribution in [3.05, 3.63) is 35.9 Å². The maximum Gasteiger partial charge on any atom is 0.404 e. The molecule has 1 aromatic carbocycles. The fourth-order valence-electron chi connectivity index (χ4n) is 2.87. The Morgan fingerprint density at radius 1 is 1.20 bits per heavy atom. The SMILES string of the molecule is O=C(O)NCCCCN1CCC(c2ccccc2)CC1. The van der Waals surface area contributed by atoms with Gasteiger partial charge in [-0.2, -0.15) is 0 Å². The van der Waals surface area contributed by atoms with Gasteiger partial charge in [0.2, 0.25) is 0 Å². The quantitative estimate of drug-likeness (QED) is 0.785. The number of nitrogens with zero attached hydrogens (tertiary/aromatic N) is 1. The molecule has 1 aliphatic heterocycles. The molecule has 0 spiro atoms. The number of likely N-dealkylation sites (tertiary alicyclic amines) is 1. The molecular formula is C16H24N2O2. The largest absolute Gasteiger partial charge is 0.465 e. The molecule has 4 heteroatoms. The first kappa shape index (κ1) is 14.9. The highest BCUT2D eigenvalue weighted by molar-refractivity contribution is 5.64. The summed E-state index contributed by atoms with van der Waals surface area (Å²) >= 11 is 0. The van der Waals surface area contributed by atoms with Crippen molar-refractivity contribution in [2.24, 2.45) is 0 Å². The maximum absolute atomic E-state index is 10.3. The van der Waals surface area contributed by atoms with Gasteiger partial charge in [0.25, 0.3) is 0 Å². The van der Waals surface area contributed by atoms with Gasteiger partial charge in [-0.3, -0.25) is 0 Å². The van der Waals surface area contributed by atoms with E-state index in [4.69, 9.17) is 5.11 Å². The number of hydrogen-bond donors (Lipinski definition) is 2. The second-order valence-electron chi connectivity index (χ2n) is 5.47. The summed E-state index contributed by atoms with van der Waals surface area (Å²) in [6, 6.07) is 10.8. The summed E-state index contributed by atoms with van der Waals surface area (Å²) in [6.45, 7) is 3.97.